The van der Waals surface area contributed by atoms with Gasteiger partial charge in [-0.05, 0) is 42.5 Å². The normalized spacial score (nSPS) is 10.4. The number of aromatic nitrogens is 1. The average Bonchev–Trinajstić information content (AvgIpc) is 3.01. The minimum atomic E-state index is -0.156. The molecule has 0 unspecified atom stereocenters. The highest BCUT2D eigenvalue weighted by Crippen LogP contribution is 2.29. The van der Waals surface area contributed by atoms with E-state index < -0.39 is 0 Å². The van der Waals surface area contributed by atoms with Gasteiger partial charge < -0.3 is 20.1 Å². The number of rotatable bonds is 6. The lowest BCUT2D eigenvalue weighted by Gasteiger charge is -2.06. The minimum Gasteiger partial charge on any atom is -0.497 e. The highest BCUT2D eigenvalue weighted by atomic mass is 32.1. The summed E-state index contributed by atoms with van der Waals surface area (Å²) in [4.78, 5) is 16.4. The molecule has 3 rings (SSSR count). The molecule has 3 aromatic rings. The van der Waals surface area contributed by atoms with Gasteiger partial charge in [-0.25, -0.2) is 4.98 Å². The van der Waals surface area contributed by atoms with Gasteiger partial charge in [0.25, 0.3) is 0 Å². The Labute approximate surface area is 143 Å². The number of amides is 1. The Morgan fingerprint density at radius 3 is 2.50 bits per heavy atom. The number of thiazole rings is 1. The summed E-state index contributed by atoms with van der Waals surface area (Å²) < 4.78 is 11.3. The molecule has 0 aliphatic carbocycles. The summed E-state index contributed by atoms with van der Waals surface area (Å²) >= 11 is 1.41. The van der Waals surface area contributed by atoms with Crippen LogP contribution in [0.4, 0.5) is 10.8 Å². The van der Waals surface area contributed by atoms with Gasteiger partial charge >= 0.3 is 0 Å². The van der Waals surface area contributed by atoms with Crippen LogP contribution in [0.2, 0.25) is 0 Å². The molecular weight excluding hydrogens is 326 g/mol. The van der Waals surface area contributed by atoms with Crippen molar-refractivity contribution in [3.05, 3.63) is 42.5 Å². The number of carbonyl (C=O) groups is 1. The Hall–Kier alpha value is -2.80. The molecule has 7 heteroatoms. The summed E-state index contributed by atoms with van der Waals surface area (Å²) in [6, 6.07) is 13.0. The van der Waals surface area contributed by atoms with Gasteiger partial charge in [-0.15, -0.1) is 0 Å². The van der Waals surface area contributed by atoms with Gasteiger partial charge in [-0.3, -0.25) is 4.79 Å². The van der Waals surface area contributed by atoms with E-state index >= 15 is 0 Å². The van der Waals surface area contributed by atoms with Gasteiger partial charge in [0.1, 0.15) is 11.5 Å². The minimum absolute atomic E-state index is 0.156. The maximum absolute atomic E-state index is 12.1. The van der Waals surface area contributed by atoms with E-state index in [2.05, 4.69) is 15.6 Å². The molecule has 0 saturated carbocycles. The summed E-state index contributed by atoms with van der Waals surface area (Å²) in [5.74, 6) is 1.39. The highest BCUT2D eigenvalue weighted by molar-refractivity contribution is 7.22. The van der Waals surface area contributed by atoms with Crippen LogP contribution < -0.4 is 20.1 Å². The lowest BCUT2D eigenvalue weighted by atomic mass is 10.3. The summed E-state index contributed by atoms with van der Waals surface area (Å²) in [6.07, 6.45) is 0. The first-order chi connectivity index (χ1) is 11.7. The lowest BCUT2D eigenvalue weighted by Crippen LogP contribution is -2.21. The van der Waals surface area contributed by atoms with Crippen LogP contribution in [-0.4, -0.2) is 31.7 Å². The summed E-state index contributed by atoms with van der Waals surface area (Å²) in [6.45, 7) is 0.158. The van der Waals surface area contributed by atoms with Crippen molar-refractivity contribution < 1.29 is 14.3 Å². The number of hydrogen-bond donors (Lipinski definition) is 2. The van der Waals surface area contributed by atoms with E-state index in [0.717, 1.165) is 27.4 Å². The zero-order valence-electron chi connectivity index (χ0n) is 13.3. The molecule has 1 aromatic heterocycles. The Morgan fingerprint density at radius 1 is 1.08 bits per heavy atom. The van der Waals surface area contributed by atoms with Gasteiger partial charge in [0, 0.05) is 5.69 Å². The Balaban J connectivity index is 1.59. The second-order valence-corrected chi connectivity index (χ2v) is 6.01. The SMILES string of the molecule is COc1ccc(NCC(=O)Nc2nc3ccc(OC)cc3s2)cc1. The fourth-order valence-electron chi connectivity index (χ4n) is 2.14. The summed E-state index contributed by atoms with van der Waals surface area (Å²) in [5, 5.41) is 6.43. The largest absolute Gasteiger partial charge is 0.497 e. The van der Waals surface area contributed by atoms with Crippen LogP contribution in [0.1, 0.15) is 0 Å². The number of nitrogens with one attached hydrogen (secondary N) is 2. The van der Waals surface area contributed by atoms with Crippen LogP contribution in [0, 0.1) is 0 Å². The van der Waals surface area contributed by atoms with Gasteiger partial charge in [-0.2, -0.15) is 0 Å². The molecule has 0 fully saturated rings. The molecule has 0 aliphatic heterocycles. The topological polar surface area (TPSA) is 72.5 Å². The first-order valence-electron chi connectivity index (χ1n) is 7.30. The fourth-order valence-corrected chi connectivity index (χ4v) is 3.05. The number of carbonyl (C=O) groups excluding carboxylic acids is 1. The van der Waals surface area contributed by atoms with E-state index in [0.29, 0.717) is 5.13 Å². The maximum Gasteiger partial charge on any atom is 0.245 e. The zero-order chi connectivity index (χ0) is 16.9. The number of ether oxygens (including phenoxy) is 2. The van der Waals surface area contributed by atoms with Crippen molar-refractivity contribution in [3.63, 3.8) is 0 Å². The van der Waals surface area contributed by atoms with Crippen molar-refractivity contribution in [1.29, 1.82) is 0 Å². The first-order valence-corrected chi connectivity index (χ1v) is 8.12. The van der Waals surface area contributed by atoms with E-state index in [4.69, 9.17) is 9.47 Å². The molecule has 2 N–H and O–H groups in total. The van der Waals surface area contributed by atoms with E-state index in [1.54, 1.807) is 14.2 Å². The molecule has 2 aromatic carbocycles. The third-order valence-corrected chi connectivity index (χ3v) is 4.32. The average molecular weight is 343 g/mol. The fraction of sp³-hybridized carbons (Fsp3) is 0.176. The number of methoxy groups -OCH3 is 2. The molecule has 6 nitrogen and oxygen atoms in total. The Bertz CT molecular complexity index is 846. The van der Waals surface area contributed by atoms with Gasteiger partial charge in [0.05, 0.1) is 31.0 Å². The van der Waals surface area contributed by atoms with E-state index in [9.17, 15) is 4.79 Å². The van der Waals surface area contributed by atoms with E-state index in [-0.39, 0.29) is 12.5 Å². The molecule has 0 aliphatic rings. The smallest absolute Gasteiger partial charge is 0.245 e. The summed E-state index contributed by atoms with van der Waals surface area (Å²) in [7, 11) is 3.24. The predicted molar refractivity (Wildman–Crippen MR) is 96.3 cm³/mol. The highest BCUT2D eigenvalue weighted by Gasteiger charge is 2.08. The molecule has 0 bridgehead atoms. The standard InChI is InChI=1S/C17H17N3O3S/c1-22-12-5-3-11(4-6-12)18-10-16(21)20-17-19-14-8-7-13(23-2)9-15(14)24-17/h3-9,18H,10H2,1-2H3,(H,19,20,21). The monoisotopic (exact) mass is 343 g/mol. The Kier molecular flexibility index (Phi) is 4.81. The van der Waals surface area contributed by atoms with Crippen molar-refractivity contribution in [2.75, 3.05) is 31.4 Å². The Morgan fingerprint density at radius 2 is 1.79 bits per heavy atom. The van der Waals surface area contributed by atoms with Crippen molar-refractivity contribution >= 4 is 38.3 Å². The van der Waals surface area contributed by atoms with Crippen molar-refractivity contribution in [2.45, 2.75) is 0 Å². The maximum atomic E-state index is 12.1. The van der Waals surface area contributed by atoms with Crippen molar-refractivity contribution in [1.82, 2.24) is 4.98 Å². The van der Waals surface area contributed by atoms with E-state index in [1.807, 2.05) is 42.5 Å². The molecule has 0 radical (unpaired) electrons. The van der Waals surface area contributed by atoms with Crippen LogP contribution in [0.3, 0.4) is 0 Å². The predicted octanol–water partition coefficient (Wildman–Crippen LogP) is 3.36. The second kappa shape index (κ2) is 7.18. The zero-order valence-corrected chi connectivity index (χ0v) is 14.1. The molecule has 1 heterocycles. The van der Waals surface area contributed by atoms with Crippen molar-refractivity contribution in [3.8, 4) is 11.5 Å². The lowest BCUT2D eigenvalue weighted by molar-refractivity contribution is -0.114. The number of benzene rings is 2. The number of hydrogen-bond acceptors (Lipinski definition) is 6. The quantitative estimate of drug-likeness (QED) is 0.718. The van der Waals surface area contributed by atoms with Crippen LogP contribution >= 0.6 is 11.3 Å². The number of anilines is 2. The van der Waals surface area contributed by atoms with Crippen molar-refractivity contribution in [2.24, 2.45) is 0 Å². The van der Waals surface area contributed by atoms with Crippen LogP contribution in [0.25, 0.3) is 10.2 Å². The van der Waals surface area contributed by atoms with Gasteiger partial charge in [0.15, 0.2) is 5.13 Å². The van der Waals surface area contributed by atoms with Crippen LogP contribution in [-0.2, 0) is 4.79 Å². The molecule has 1 amide bonds. The summed E-state index contributed by atoms with van der Waals surface area (Å²) in [5.41, 5.74) is 1.68. The molecule has 0 saturated heterocycles. The molecule has 24 heavy (non-hydrogen) atoms. The van der Waals surface area contributed by atoms with E-state index in [1.165, 1.54) is 11.3 Å². The van der Waals surface area contributed by atoms with Crippen LogP contribution in [0.5, 0.6) is 11.5 Å². The number of fused-ring (bicyclic) bond motifs is 1. The number of nitrogens with zero attached hydrogens (tertiary/aromatic N) is 1. The molecule has 124 valence electrons. The molecule has 0 atom stereocenters. The molecular formula is C17H17N3O3S. The second-order valence-electron chi connectivity index (χ2n) is 4.98. The van der Waals surface area contributed by atoms with Crippen LogP contribution in [0.15, 0.2) is 42.5 Å². The molecule has 0 spiro atoms. The third-order valence-electron chi connectivity index (χ3n) is 3.39. The third kappa shape index (κ3) is 3.75. The first kappa shape index (κ1) is 16.1. The van der Waals surface area contributed by atoms with Gasteiger partial charge in [-0.1, -0.05) is 11.3 Å². The van der Waals surface area contributed by atoms with Gasteiger partial charge in [0.2, 0.25) is 5.91 Å².